The van der Waals surface area contributed by atoms with E-state index in [1.54, 1.807) is 0 Å². The molecule has 23 heavy (non-hydrogen) atoms. The van der Waals surface area contributed by atoms with Crippen molar-refractivity contribution >= 4 is 5.69 Å². The fourth-order valence-electron chi connectivity index (χ4n) is 3.80. The smallest absolute Gasteiger partial charge is 0.119 e. The molecular formula is C21H27NO. The van der Waals surface area contributed by atoms with Crippen LogP contribution in [0, 0.1) is 5.41 Å². The van der Waals surface area contributed by atoms with Gasteiger partial charge in [-0.15, -0.1) is 0 Å². The first kappa shape index (κ1) is 15.9. The van der Waals surface area contributed by atoms with Crippen molar-refractivity contribution < 1.29 is 4.74 Å². The number of rotatable bonds is 6. The van der Waals surface area contributed by atoms with E-state index in [4.69, 9.17) is 10.5 Å². The van der Waals surface area contributed by atoms with Crippen LogP contribution in [-0.4, -0.2) is 6.61 Å². The van der Waals surface area contributed by atoms with Crippen molar-refractivity contribution in [2.24, 2.45) is 5.41 Å². The molecule has 3 rings (SSSR count). The zero-order valence-electron chi connectivity index (χ0n) is 13.8. The molecule has 1 saturated carbocycles. The lowest BCUT2D eigenvalue weighted by Crippen LogP contribution is -2.29. The molecule has 2 aromatic carbocycles. The number of hydrogen-bond donors (Lipinski definition) is 1. The van der Waals surface area contributed by atoms with Crippen molar-refractivity contribution in [3.63, 3.8) is 0 Å². The lowest BCUT2D eigenvalue weighted by atomic mass is 9.68. The van der Waals surface area contributed by atoms with Crippen LogP contribution < -0.4 is 10.5 Å². The van der Waals surface area contributed by atoms with E-state index in [-0.39, 0.29) is 0 Å². The Morgan fingerprint density at radius 2 is 1.57 bits per heavy atom. The summed E-state index contributed by atoms with van der Waals surface area (Å²) in [6, 6.07) is 18.6. The summed E-state index contributed by atoms with van der Waals surface area (Å²) in [5, 5.41) is 0. The van der Waals surface area contributed by atoms with Crippen molar-refractivity contribution in [2.45, 2.75) is 44.9 Å². The maximum Gasteiger partial charge on any atom is 0.119 e. The number of anilines is 1. The minimum Gasteiger partial charge on any atom is -0.494 e. The fourth-order valence-corrected chi connectivity index (χ4v) is 3.80. The predicted octanol–water partition coefficient (Wildman–Crippen LogP) is 5.23. The van der Waals surface area contributed by atoms with Crippen LogP contribution in [0.15, 0.2) is 54.6 Å². The molecule has 0 spiro atoms. The summed E-state index contributed by atoms with van der Waals surface area (Å²) in [6.45, 7) is 0.788. The van der Waals surface area contributed by atoms with Crippen LogP contribution in [0.2, 0.25) is 0 Å². The number of hydrogen-bond acceptors (Lipinski definition) is 2. The average Bonchev–Trinajstić information content (AvgIpc) is 2.58. The van der Waals surface area contributed by atoms with Crippen molar-refractivity contribution in [1.29, 1.82) is 0 Å². The van der Waals surface area contributed by atoms with Gasteiger partial charge < -0.3 is 10.5 Å². The first-order valence-electron chi connectivity index (χ1n) is 8.78. The fraction of sp³-hybridized carbons (Fsp3) is 0.429. The molecule has 0 heterocycles. The van der Waals surface area contributed by atoms with E-state index in [9.17, 15) is 0 Å². The van der Waals surface area contributed by atoms with Gasteiger partial charge in [0, 0.05) is 5.69 Å². The van der Waals surface area contributed by atoms with Crippen LogP contribution in [0.4, 0.5) is 5.69 Å². The topological polar surface area (TPSA) is 35.2 Å². The highest BCUT2D eigenvalue weighted by Gasteiger charge is 2.32. The van der Waals surface area contributed by atoms with Gasteiger partial charge in [0.05, 0.1) is 6.61 Å². The van der Waals surface area contributed by atoms with Crippen LogP contribution in [-0.2, 0) is 6.42 Å². The van der Waals surface area contributed by atoms with Gasteiger partial charge in [-0.25, -0.2) is 0 Å². The molecule has 1 aliphatic rings. The molecule has 0 saturated heterocycles. The van der Waals surface area contributed by atoms with Crippen molar-refractivity contribution in [2.75, 3.05) is 12.3 Å². The van der Waals surface area contributed by atoms with Crippen molar-refractivity contribution in [3.05, 3.63) is 60.2 Å². The van der Waals surface area contributed by atoms with Crippen molar-refractivity contribution in [1.82, 2.24) is 0 Å². The second kappa shape index (κ2) is 7.54. The summed E-state index contributed by atoms with van der Waals surface area (Å²) in [5.74, 6) is 0.921. The molecule has 0 amide bonds. The van der Waals surface area contributed by atoms with Crippen LogP contribution in [0.3, 0.4) is 0 Å². The highest BCUT2D eigenvalue weighted by Crippen LogP contribution is 2.42. The number of ether oxygens (including phenoxy) is 1. The van der Waals surface area contributed by atoms with Crippen molar-refractivity contribution in [3.8, 4) is 5.75 Å². The van der Waals surface area contributed by atoms with E-state index in [0.29, 0.717) is 5.41 Å². The van der Waals surface area contributed by atoms with Gasteiger partial charge in [0.15, 0.2) is 0 Å². The van der Waals surface area contributed by atoms with Gasteiger partial charge in [-0.05, 0) is 60.9 Å². The Morgan fingerprint density at radius 3 is 2.26 bits per heavy atom. The summed E-state index contributed by atoms with van der Waals surface area (Å²) >= 11 is 0. The Balaban J connectivity index is 1.61. The molecule has 1 fully saturated rings. The molecule has 0 aromatic heterocycles. The monoisotopic (exact) mass is 309 g/mol. The standard InChI is InChI=1S/C21H27NO/c22-19-9-11-20(12-10-19)23-16-15-21(13-5-2-6-14-21)17-18-7-3-1-4-8-18/h1,3-4,7-12H,2,5-6,13-17,22H2. The SMILES string of the molecule is Nc1ccc(OCCC2(Cc3ccccc3)CCCCC2)cc1. The van der Waals surface area contributed by atoms with Gasteiger partial charge in [-0.3, -0.25) is 0 Å². The normalized spacial score (nSPS) is 16.9. The quantitative estimate of drug-likeness (QED) is 0.741. The molecule has 0 atom stereocenters. The lowest BCUT2D eigenvalue weighted by Gasteiger charge is -2.37. The van der Waals surface area contributed by atoms with E-state index in [1.165, 1.54) is 44.1 Å². The van der Waals surface area contributed by atoms with E-state index >= 15 is 0 Å². The van der Waals surface area contributed by atoms with Crippen LogP contribution in [0.25, 0.3) is 0 Å². The Labute approximate surface area is 139 Å². The summed E-state index contributed by atoms with van der Waals surface area (Å²) < 4.78 is 5.97. The van der Waals surface area contributed by atoms with Gasteiger partial charge in [-0.2, -0.15) is 0 Å². The number of nitrogens with two attached hydrogens (primary N) is 1. The molecule has 2 N–H and O–H groups in total. The third-order valence-electron chi connectivity index (χ3n) is 5.12. The van der Waals surface area contributed by atoms with Crippen LogP contribution in [0.5, 0.6) is 5.75 Å². The third-order valence-corrected chi connectivity index (χ3v) is 5.12. The summed E-state index contributed by atoms with van der Waals surface area (Å²) in [4.78, 5) is 0. The second-order valence-electron chi connectivity index (χ2n) is 6.89. The van der Waals surface area contributed by atoms with E-state index in [0.717, 1.165) is 24.5 Å². The Morgan fingerprint density at radius 1 is 0.870 bits per heavy atom. The molecular weight excluding hydrogens is 282 g/mol. The Hall–Kier alpha value is -1.96. The number of nitrogen functional groups attached to an aromatic ring is 1. The zero-order chi connectivity index (χ0) is 16.0. The van der Waals surface area contributed by atoms with Crippen LogP contribution >= 0.6 is 0 Å². The first-order valence-corrected chi connectivity index (χ1v) is 8.78. The molecule has 0 radical (unpaired) electrons. The Bertz CT molecular complexity index is 585. The highest BCUT2D eigenvalue weighted by atomic mass is 16.5. The molecule has 122 valence electrons. The molecule has 2 nitrogen and oxygen atoms in total. The maximum absolute atomic E-state index is 5.97. The second-order valence-corrected chi connectivity index (χ2v) is 6.89. The largest absolute Gasteiger partial charge is 0.494 e. The molecule has 0 aliphatic heterocycles. The molecule has 0 bridgehead atoms. The van der Waals surface area contributed by atoms with Gasteiger partial charge in [-0.1, -0.05) is 49.6 Å². The average molecular weight is 309 g/mol. The van der Waals surface area contributed by atoms with E-state index < -0.39 is 0 Å². The van der Waals surface area contributed by atoms with E-state index in [2.05, 4.69) is 30.3 Å². The van der Waals surface area contributed by atoms with Gasteiger partial charge in [0.25, 0.3) is 0 Å². The van der Waals surface area contributed by atoms with Gasteiger partial charge in [0.2, 0.25) is 0 Å². The first-order chi connectivity index (χ1) is 11.3. The predicted molar refractivity (Wildman–Crippen MR) is 96.6 cm³/mol. The molecule has 2 heteroatoms. The molecule has 2 aromatic rings. The summed E-state index contributed by atoms with van der Waals surface area (Å²) in [6.07, 6.45) is 9.06. The van der Waals surface area contributed by atoms with E-state index in [1.807, 2.05) is 24.3 Å². The molecule has 0 unspecified atom stereocenters. The maximum atomic E-state index is 5.97. The zero-order valence-corrected chi connectivity index (χ0v) is 13.8. The van der Waals surface area contributed by atoms with Gasteiger partial charge >= 0.3 is 0 Å². The molecule has 1 aliphatic carbocycles. The third kappa shape index (κ3) is 4.51. The Kier molecular flexibility index (Phi) is 5.22. The lowest BCUT2D eigenvalue weighted by molar-refractivity contribution is 0.136. The minimum absolute atomic E-state index is 0.410. The highest BCUT2D eigenvalue weighted by molar-refractivity contribution is 5.41. The summed E-state index contributed by atoms with van der Waals surface area (Å²) in [5.41, 5.74) is 8.38. The van der Waals surface area contributed by atoms with Crippen LogP contribution in [0.1, 0.15) is 44.1 Å². The number of benzene rings is 2. The minimum atomic E-state index is 0.410. The van der Waals surface area contributed by atoms with Gasteiger partial charge in [0.1, 0.15) is 5.75 Å². The summed E-state index contributed by atoms with van der Waals surface area (Å²) in [7, 11) is 0.